The molecule has 5 rings (SSSR count). The van der Waals surface area contributed by atoms with Crippen LogP contribution in [0.1, 0.15) is 21.8 Å². The molecule has 9 heteroatoms. The SMILES string of the molecule is COc1cnc(-c2cccn2C)c2c1C(C(=O)C(=O)N1CCN(C(=O)c3ccccc3)CC1)CN2. The molecular formula is C26H27N5O4. The minimum atomic E-state index is -0.668. The summed E-state index contributed by atoms with van der Waals surface area (Å²) < 4.78 is 7.47. The van der Waals surface area contributed by atoms with Crippen molar-refractivity contribution in [2.45, 2.75) is 5.92 Å². The number of Topliss-reactive ketones (excluding diaryl/α,β-unsaturated/α-hetero) is 1. The van der Waals surface area contributed by atoms with Gasteiger partial charge in [-0.2, -0.15) is 0 Å². The summed E-state index contributed by atoms with van der Waals surface area (Å²) in [4.78, 5) is 47.1. The summed E-state index contributed by atoms with van der Waals surface area (Å²) in [7, 11) is 3.46. The number of carbonyl (C=O) groups excluding carboxylic acids is 3. The summed E-state index contributed by atoms with van der Waals surface area (Å²) >= 11 is 0. The summed E-state index contributed by atoms with van der Waals surface area (Å²) in [5.41, 5.74) is 3.61. The summed E-state index contributed by atoms with van der Waals surface area (Å²) in [6.45, 7) is 1.70. The van der Waals surface area contributed by atoms with Crippen LogP contribution in [0.5, 0.6) is 5.75 Å². The molecular weight excluding hydrogens is 446 g/mol. The number of pyridine rings is 1. The van der Waals surface area contributed by atoms with Crippen LogP contribution in [0, 0.1) is 0 Å². The van der Waals surface area contributed by atoms with Gasteiger partial charge in [0.25, 0.3) is 11.8 Å². The van der Waals surface area contributed by atoms with Crippen LogP contribution in [0.25, 0.3) is 11.4 Å². The Labute approximate surface area is 203 Å². The molecule has 0 aliphatic carbocycles. The zero-order valence-electron chi connectivity index (χ0n) is 19.7. The second kappa shape index (κ2) is 9.25. The van der Waals surface area contributed by atoms with Crippen LogP contribution in [0.2, 0.25) is 0 Å². The fourth-order valence-electron chi connectivity index (χ4n) is 4.81. The van der Waals surface area contributed by atoms with E-state index in [1.165, 1.54) is 7.11 Å². The zero-order chi connectivity index (χ0) is 24.5. The lowest BCUT2D eigenvalue weighted by molar-refractivity contribution is -0.146. The van der Waals surface area contributed by atoms with E-state index in [0.717, 1.165) is 11.4 Å². The van der Waals surface area contributed by atoms with Crippen LogP contribution in [-0.2, 0) is 16.6 Å². The first-order valence-corrected chi connectivity index (χ1v) is 11.6. The second-order valence-electron chi connectivity index (χ2n) is 8.72. The molecule has 1 aromatic carbocycles. The highest BCUT2D eigenvalue weighted by Gasteiger charge is 2.39. The summed E-state index contributed by atoms with van der Waals surface area (Å²) in [5, 5.41) is 3.29. The number of fused-ring (bicyclic) bond motifs is 1. The first-order chi connectivity index (χ1) is 17.0. The number of nitrogens with zero attached hydrogens (tertiary/aromatic N) is 4. The Bertz CT molecular complexity index is 1280. The first-order valence-electron chi connectivity index (χ1n) is 11.6. The van der Waals surface area contributed by atoms with Crippen molar-refractivity contribution >= 4 is 23.3 Å². The van der Waals surface area contributed by atoms with E-state index < -0.39 is 17.6 Å². The molecule has 35 heavy (non-hydrogen) atoms. The van der Waals surface area contributed by atoms with Gasteiger partial charge in [0.15, 0.2) is 0 Å². The molecule has 180 valence electrons. The molecule has 9 nitrogen and oxygen atoms in total. The molecule has 0 radical (unpaired) electrons. The molecule has 1 fully saturated rings. The molecule has 0 saturated carbocycles. The maximum atomic E-state index is 13.4. The van der Waals surface area contributed by atoms with Crippen molar-refractivity contribution in [3.63, 3.8) is 0 Å². The number of rotatable bonds is 5. The average Bonchev–Trinajstić information content (AvgIpc) is 3.54. The van der Waals surface area contributed by atoms with Crippen molar-refractivity contribution in [3.8, 4) is 17.1 Å². The van der Waals surface area contributed by atoms with Crippen molar-refractivity contribution in [2.75, 3.05) is 45.2 Å². The van der Waals surface area contributed by atoms with Crippen LogP contribution in [0.3, 0.4) is 0 Å². The highest BCUT2D eigenvalue weighted by molar-refractivity contribution is 6.38. The van der Waals surface area contributed by atoms with Crippen molar-refractivity contribution < 1.29 is 19.1 Å². The molecule has 2 aromatic heterocycles. The van der Waals surface area contributed by atoms with Crippen LogP contribution < -0.4 is 10.1 Å². The fraction of sp³-hybridized carbons (Fsp3) is 0.308. The maximum Gasteiger partial charge on any atom is 0.290 e. The lowest BCUT2D eigenvalue weighted by Gasteiger charge is -2.34. The van der Waals surface area contributed by atoms with Crippen LogP contribution >= 0.6 is 0 Å². The van der Waals surface area contributed by atoms with E-state index in [1.807, 2.05) is 48.1 Å². The van der Waals surface area contributed by atoms with Gasteiger partial charge in [0.05, 0.1) is 30.6 Å². The number of amides is 2. The molecule has 1 unspecified atom stereocenters. The number of hydrogen-bond acceptors (Lipinski definition) is 6. The Morgan fingerprint density at radius 3 is 2.37 bits per heavy atom. The van der Waals surface area contributed by atoms with Gasteiger partial charge in [0.1, 0.15) is 11.4 Å². The van der Waals surface area contributed by atoms with Crippen molar-refractivity contribution in [1.82, 2.24) is 19.4 Å². The van der Waals surface area contributed by atoms with Gasteiger partial charge >= 0.3 is 0 Å². The number of methoxy groups -OCH3 is 1. The number of benzene rings is 1. The van der Waals surface area contributed by atoms with E-state index in [-0.39, 0.29) is 5.91 Å². The zero-order valence-corrected chi connectivity index (χ0v) is 19.7. The van der Waals surface area contributed by atoms with Crippen molar-refractivity contribution in [1.29, 1.82) is 0 Å². The molecule has 0 bridgehead atoms. The number of nitrogens with one attached hydrogen (secondary N) is 1. The fourth-order valence-corrected chi connectivity index (χ4v) is 4.81. The maximum absolute atomic E-state index is 13.4. The van der Waals surface area contributed by atoms with E-state index >= 15 is 0 Å². The molecule has 0 spiro atoms. The third kappa shape index (κ3) is 4.03. The van der Waals surface area contributed by atoms with E-state index in [9.17, 15) is 14.4 Å². The number of aryl methyl sites for hydroxylation is 1. The Balaban J connectivity index is 1.32. The number of piperazine rings is 1. The number of hydrogen-bond donors (Lipinski definition) is 1. The van der Waals surface area contributed by atoms with Gasteiger partial charge in [-0.25, -0.2) is 4.98 Å². The standard InChI is InChI=1S/C26H27N5O4/c1-29-10-6-9-19(29)22-23-21(20(35-2)16-28-22)18(15-27-23)24(32)26(34)31-13-11-30(12-14-31)25(33)17-7-4-3-5-8-17/h3-10,16,18,27H,11-15H2,1-2H3. The minimum absolute atomic E-state index is 0.0663. The molecule has 2 aliphatic heterocycles. The van der Waals surface area contributed by atoms with Gasteiger partial charge in [-0.15, -0.1) is 0 Å². The Hall–Kier alpha value is -4.14. The van der Waals surface area contributed by atoms with Gasteiger partial charge in [0.2, 0.25) is 5.78 Å². The Kier molecular flexibility index (Phi) is 5.98. The van der Waals surface area contributed by atoms with Crippen molar-refractivity contribution in [3.05, 3.63) is 66.0 Å². The number of anilines is 1. The van der Waals surface area contributed by atoms with Crippen LogP contribution in [0.4, 0.5) is 5.69 Å². The van der Waals surface area contributed by atoms with Crippen LogP contribution in [-0.4, -0.2) is 76.8 Å². The molecule has 2 aliphatic rings. The Morgan fingerprint density at radius 2 is 1.71 bits per heavy atom. The van der Waals surface area contributed by atoms with Crippen molar-refractivity contribution in [2.24, 2.45) is 7.05 Å². The molecule has 1 saturated heterocycles. The minimum Gasteiger partial charge on any atom is -0.495 e. The van der Waals surface area contributed by atoms with E-state index in [0.29, 0.717) is 55.3 Å². The monoisotopic (exact) mass is 473 g/mol. The highest BCUT2D eigenvalue weighted by Crippen LogP contribution is 2.43. The smallest absolute Gasteiger partial charge is 0.290 e. The number of ether oxygens (including phenoxy) is 1. The lowest BCUT2D eigenvalue weighted by Crippen LogP contribution is -2.52. The topological polar surface area (TPSA) is 96.8 Å². The van der Waals surface area contributed by atoms with Gasteiger partial charge in [-0.05, 0) is 24.3 Å². The quantitative estimate of drug-likeness (QED) is 0.571. The predicted molar refractivity (Wildman–Crippen MR) is 130 cm³/mol. The van der Waals surface area contributed by atoms with Gasteiger partial charge in [-0.3, -0.25) is 14.4 Å². The lowest BCUT2D eigenvalue weighted by atomic mass is 9.94. The van der Waals surface area contributed by atoms with Gasteiger partial charge in [-0.1, -0.05) is 18.2 Å². The molecule has 4 heterocycles. The number of carbonyl (C=O) groups is 3. The summed E-state index contributed by atoms with van der Waals surface area (Å²) in [6.07, 6.45) is 3.53. The largest absolute Gasteiger partial charge is 0.495 e. The highest BCUT2D eigenvalue weighted by atomic mass is 16.5. The number of ketones is 1. The first kappa shape index (κ1) is 22.6. The molecule has 2 amide bonds. The summed E-state index contributed by atoms with van der Waals surface area (Å²) in [6, 6.07) is 12.9. The molecule has 3 aromatic rings. The third-order valence-corrected chi connectivity index (χ3v) is 6.72. The second-order valence-corrected chi connectivity index (χ2v) is 8.72. The third-order valence-electron chi connectivity index (χ3n) is 6.72. The molecule has 1 atom stereocenters. The van der Waals surface area contributed by atoms with Gasteiger partial charge < -0.3 is 24.4 Å². The van der Waals surface area contributed by atoms with Gasteiger partial charge in [0, 0.05) is 57.1 Å². The van der Waals surface area contributed by atoms with Crippen LogP contribution in [0.15, 0.2) is 54.9 Å². The predicted octanol–water partition coefficient (Wildman–Crippen LogP) is 2.16. The van der Waals surface area contributed by atoms with E-state index in [1.54, 1.807) is 28.1 Å². The number of aromatic nitrogens is 2. The average molecular weight is 474 g/mol. The van der Waals surface area contributed by atoms with E-state index in [2.05, 4.69) is 10.3 Å². The van der Waals surface area contributed by atoms with E-state index in [4.69, 9.17) is 4.74 Å². The normalized spacial score (nSPS) is 17.0. The summed E-state index contributed by atoms with van der Waals surface area (Å²) in [5.74, 6) is -1.27. The molecule has 1 N–H and O–H groups in total. The Morgan fingerprint density at radius 1 is 1.00 bits per heavy atom.